The summed E-state index contributed by atoms with van der Waals surface area (Å²) in [7, 11) is 1.70. The molecule has 0 amide bonds. The smallest absolute Gasteiger partial charge is 0.339 e. The highest BCUT2D eigenvalue weighted by atomic mass is 16.5. The second kappa shape index (κ2) is 10.6. The molecule has 0 aliphatic heterocycles. The molecule has 3 aromatic rings. The lowest BCUT2D eigenvalue weighted by Gasteiger charge is -2.21. The SMILES string of the molecule is CN(N)/C=C(\N)C1C[C@H]1c1c(C(=O)O)cnn1-c1cccc(-c2cncc(OCC3CCCCC3)c2)c1. The van der Waals surface area contributed by atoms with Crippen molar-refractivity contribution in [3.63, 3.8) is 0 Å². The molecule has 2 aliphatic carbocycles. The van der Waals surface area contributed by atoms with E-state index in [0.717, 1.165) is 35.6 Å². The lowest BCUT2D eigenvalue weighted by molar-refractivity contribution is 0.0695. The summed E-state index contributed by atoms with van der Waals surface area (Å²) in [5, 5.41) is 15.7. The van der Waals surface area contributed by atoms with Gasteiger partial charge in [-0.3, -0.25) is 4.98 Å². The summed E-state index contributed by atoms with van der Waals surface area (Å²) >= 11 is 0. The summed E-state index contributed by atoms with van der Waals surface area (Å²) in [5.74, 6) is 6.05. The van der Waals surface area contributed by atoms with E-state index >= 15 is 0 Å². The molecule has 194 valence electrons. The summed E-state index contributed by atoms with van der Waals surface area (Å²) in [6.07, 6.45) is 13.7. The number of pyridine rings is 1. The number of carbonyl (C=O) groups is 1. The molecule has 37 heavy (non-hydrogen) atoms. The van der Waals surface area contributed by atoms with Gasteiger partial charge in [-0.25, -0.2) is 15.3 Å². The Kier molecular flexibility index (Phi) is 7.14. The Morgan fingerprint density at radius 1 is 1.19 bits per heavy atom. The minimum atomic E-state index is -1.01. The average Bonchev–Trinajstić information content (AvgIpc) is 3.57. The normalized spacial score (nSPS) is 20.0. The van der Waals surface area contributed by atoms with Crippen molar-refractivity contribution in [2.75, 3.05) is 13.7 Å². The number of hydrogen-bond acceptors (Lipinski definition) is 7. The van der Waals surface area contributed by atoms with Crippen molar-refractivity contribution in [3.8, 4) is 22.6 Å². The van der Waals surface area contributed by atoms with E-state index in [1.807, 2.05) is 36.5 Å². The second-order valence-electron chi connectivity index (χ2n) is 10.2. The van der Waals surface area contributed by atoms with Crippen LogP contribution in [0.5, 0.6) is 5.75 Å². The van der Waals surface area contributed by atoms with Gasteiger partial charge >= 0.3 is 5.97 Å². The second-order valence-corrected chi connectivity index (χ2v) is 10.2. The number of ether oxygens (including phenoxy) is 1. The molecule has 2 aliphatic rings. The first-order valence-electron chi connectivity index (χ1n) is 12.8. The van der Waals surface area contributed by atoms with Gasteiger partial charge in [-0.2, -0.15) is 5.10 Å². The highest BCUT2D eigenvalue weighted by Crippen LogP contribution is 2.51. The molecule has 0 saturated heterocycles. The van der Waals surface area contributed by atoms with Gasteiger partial charge in [-0.05, 0) is 48.9 Å². The Hall–Kier alpha value is -3.85. The van der Waals surface area contributed by atoms with Gasteiger partial charge in [0, 0.05) is 42.5 Å². The fourth-order valence-electron chi connectivity index (χ4n) is 5.32. The predicted molar refractivity (Wildman–Crippen MR) is 141 cm³/mol. The van der Waals surface area contributed by atoms with Crippen molar-refractivity contribution in [2.45, 2.75) is 44.4 Å². The molecule has 0 bridgehead atoms. The van der Waals surface area contributed by atoms with Gasteiger partial charge in [0.15, 0.2) is 0 Å². The standard InChI is InChI=1S/C28H34N6O3/c1-33(30)16-26(29)23-12-24(23)27-25(28(35)36)15-32-34(27)21-9-5-8-19(10-21)20-11-22(14-31-13-20)37-17-18-6-3-2-4-7-18/h5,8-11,13-16,18,23-24H,2-4,6-7,12,17,29-30H2,1H3,(H,35,36)/b26-16-/t23?,24-/m1/s1. The van der Waals surface area contributed by atoms with Crippen LogP contribution in [0.15, 0.2) is 60.8 Å². The molecule has 2 saturated carbocycles. The van der Waals surface area contributed by atoms with Crippen molar-refractivity contribution < 1.29 is 14.6 Å². The minimum absolute atomic E-state index is 0.0185. The maximum absolute atomic E-state index is 12.0. The Morgan fingerprint density at radius 3 is 2.76 bits per heavy atom. The van der Waals surface area contributed by atoms with Crippen molar-refractivity contribution in [1.82, 2.24) is 19.8 Å². The number of benzene rings is 1. The summed E-state index contributed by atoms with van der Waals surface area (Å²) in [5.41, 5.74) is 10.3. The van der Waals surface area contributed by atoms with Crippen LogP contribution in [-0.4, -0.2) is 44.5 Å². The maximum atomic E-state index is 12.0. The molecule has 2 atom stereocenters. The summed E-state index contributed by atoms with van der Waals surface area (Å²) < 4.78 is 7.81. The van der Waals surface area contributed by atoms with Gasteiger partial charge in [0.05, 0.1) is 30.4 Å². The lowest BCUT2D eigenvalue weighted by Crippen LogP contribution is -2.21. The molecule has 1 unspecified atom stereocenters. The number of allylic oxidation sites excluding steroid dienone is 1. The molecule has 2 fully saturated rings. The van der Waals surface area contributed by atoms with Crippen LogP contribution in [0.25, 0.3) is 16.8 Å². The number of hydrogen-bond donors (Lipinski definition) is 3. The number of nitrogens with two attached hydrogens (primary N) is 2. The Balaban J connectivity index is 1.40. The summed E-state index contributed by atoms with van der Waals surface area (Å²) in [6, 6.07) is 9.87. The van der Waals surface area contributed by atoms with Gasteiger partial charge in [-0.1, -0.05) is 31.4 Å². The first-order chi connectivity index (χ1) is 17.9. The van der Waals surface area contributed by atoms with Gasteiger partial charge in [0.2, 0.25) is 0 Å². The van der Waals surface area contributed by atoms with Gasteiger partial charge in [-0.15, -0.1) is 0 Å². The first kappa shape index (κ1) is 24.8. The van der Waals surface area contributed by atoms with Crippen LogP contribution in [0.2, 0.25) is 0 Å². The van der Waals surface area contributed by atoms with E-state index in [1.165, 1.54) is 43.3 Å². The molecular formula is C28H34N6O3. The van der Waals surface area contributed by atoms with Crippen molar-refractivity contribution >= 4 is 5.97 Å². The molecule has 9 nitrogen and oxygen atoms in total. The molecule has 9 heteroatoms. The van der Waals surface area contributed by atoms with E-state index in [2.05, 4.69) is 10.1 Å². The van der Waals surface area contributed by atoms with Crippen LogP contribution in [0.1, 0.15) is 60.5 Å². The lowest BCUT2D eigenvalue weighted by atomic mass is 9.90. The third-order valence-corrected chi connectivity index (χ3v) is 7.31. The zero-order valence-electron chi connectivity index (χ0n) is 21.1. The highest BCUT2D eigenvalue weighted by Gasteiger charge is 2.45. The topological polar surface area (TPSA) is 133 Å². The zero-order valence-corrected chi connectivity index (χ0v) is 21.1. The van der Waals surface area contributed by atoms with Gasteiger partial charge in [0.1, 0.15) is 11.3 Å². The number of nitrogens with zero attached hydrogens (tertiary/aromatic N) is 4. The fourth-order valence-corrected chi connectivity index (χ4v) is 5.32. The van der Waals surface area contributed by atoms with Crippen LogP contribution in [-0.2, 0) is 0 Å². The van der Waals surface area contributed by atoms with Gasteiger partial charge < -0.3 is 20.6 Å². The highest BCUT2D eigenvalue weighted by molar-refractivity contribution is 5.89. The van der Waals surface area contributed by atoms with E-state index in [4.69, 9.17) is 16.3 Å². The Morgan fingerprint density at radius 2 is 2.00 bits per heavy atom. The molecule has 2 heterocycles. The van der Waals surface area contributed by atoms with E-state index in [1.54, 1.807) is 24.1 Å². The molecule has 0 radical (unpaired) electrons. The maximum Gasteiger partial charge on any atom is 0.339 e. The number of carboxylic acid groups (broad SMARTS) is 1. The molecular weight excluding hydrogens is 468 g/mol. The van der Waals surface area contributed by atoms with Crippen LogP contribution in [0.3, 0.4) is 0 Å². The van der Waals surface area contributed by atoms with Crippen LogP contribution in [0.4, 0.5) is 0 Å². The zero-order chi connectivity index (χ0) is 25.9. The van der Waals surface area contributed by atoms with Crippen molar-refractivity contribution in [2.24, 2.45) is 23.4 Å². The van der Waals surface area contributed by atoms with Crippen molar-refractivity contribution in [1.29, 1.82) is 0 Å². The van der Waals surface area contributed by atoms with Crippen molar-refractivity contribution in [3.05, 3.63) is 72.1 Å². The molecule has 0 spiro atoms. The van der Waals surface area contributed by atoms with Crippen LogP contribution >= 0.6 is 0 Å². The van der Waals surface area contributed by atoms with E-state index in [9.17, 15) is 9.90 Å². The minimum Gasteiger partial charge on any atom is -0.492 e. The van der Waals surface area contributed by atoms with E-state index < -0.39 is 5.97 Å². The van der Waals surface area contributed by atoms with E-state index in [0.29, 0.717) is 17.3 Å². The molecule has 2 aromatic heterocycles. The monoisotopic (exact) mass is 502 g/mol. The number of aromatic carboxylic acids is 1. The molecule has 5 N–H and O–H groups in total. The summed E-state index contributed by atoms with van der Waals surface area (Å²) in [4.78, 5) is 16.4. The number of hydrazine groups is 1. The van der Waals surface area contributed by atoms with Crippen LogP contribution < -0.4 is 16.3 Å². The quantitative estimate of drug-likeness (QED) is 0.291. The Labute approximate surface area is 216 Å². The van der Waals surface area contributed by atoms with Gasteiger partial charge in [0.25, 0.3) is 0 Å². The molecule has 1 aromatic carbocycles. The largest absolute Gasteiger partial charge is 0.492 e. The van der Waals surface area contributed by atoms with E-state index in [-0.39, 0.29) is 17.4 Å². The molecule has 5 rings (SSSR count). The fraction of sp³-hybridized carbons (Fsp3) is 0.393. The first-order valence-corrected chi connectivity index (χ1v) is 12.8. The predicted octanol–water partition coefficient (Wildman–Crippen LogP) is 4.30. The third kappa shape index (κ3) is 5.61. The number of rotatable bonds is 9. The average molecular weight is 503 g/mol. The third-order valence-electron chi connectivity index (χ3n) is 7.31. The van der Waals surface area contributed by atoms with Crippen LogP contribution in [0, 0.1) is 11.8 Å². The number of aromatic nitrogens is 3. The summed E-state index contributed by atoms with van der Waals surface area (Å²) in [6.45, 7) is 0.722. The Bertz CT molecular complexity index is 1290. The number of carboxylic acids is 1.